The molecular weight excluding hydrogens is 228 g/mol. The summed E-state index contributed by atoms with van der Waals surface area (Å²) in [6.45, 7) is 0.243. The average molecular weight is 248 g/mol. The van der Waals surface area contributed by atoms with Crippen molar-refractivity contribution in [2.45, 2.75) is 43.8 Å². The van der Waals surface area contributed by atoms with Crippen LogP contribution in [0, 0.1) is 29.6 Å². The van der Waals surface area contributed by atoms with E-state index in [1.807, 2.05) is 0 Å². The molecule has 1 unspecified atom stereocenters. The highest BCUT2D eigenvalue weighted by Gasteiger charge is 2.56. The van der Waals surface area contributed by atoms with Crippen LogP contribution in [-0.4, -0.2) is 33.6 Å². The predicted octanol–water partition coefficient (Wildman–Crippen LogP) is 0.840. The summed E-state index contributed by atoms with van der Waals surface area (Å²) in [5, 5.41) is 29.0. The normalized spacial score (nSPS) is 41.6. The minimum atomic E-state index is -1.04. The predicted molar refractivity (Wildman–Crippen MR) is 67.5 cm³/mol. The van der Waals surface area contributed by atoms with Crippen LogP contribution >= 0.6 is 0 Å². The van der Waals surface area contributed by atoms with E-state index in [0.717, 1.165) is 32.1 Å². The highest BCUT2D eigenvalue weighted by Crippen LogP contribution is 2.55. The van der Waals surface area contributed by atoms with Gasteiger partial charge in [0.2, 0.25) is 0 Å². The molecule has 4 atom stereocenters. The largest absolute Gasteiger partial charge is 0.396 e. The molecule has 3 heteroatoms. The maximum absolute atomic E-state index is 10.1. The van der Waals surface area contributed by atoms with Crippen molar-refractivity contribution in [2.24, 2.45) is 17.8 Å². The van der Waals surface area contributed by atoms with Crippen LogP contribution in [0.2, 0.25) is 0 Å². The van der Waals surface area contributed by atoms with E-state index >= 15 is 0 Å². The van der Waals surface area contributed by atoms with Gasteiger partial charge in [0.25, 0.3) is 0 Å². The first-order valence-corrected chi connectivity index (χ1v) is 6.90. The lowest BCUT2D eigenvalue weighted by Crippen LogP contribution is -2.52. The van der Waals surface area contributed by atoms with Crippen molar-refractivity contribution in [3.63, 3.8) is 0 Å². The van der Waals surface area contributed by atoms with Gasteiger partial charge in [-0.2, -0.15) is 0 Å². The fourth-order valence-corrected chi connectivity index (χ4v) is 3.70. The zero-order valence-corrected chi connectivity index (χ0v) is 10.5. The molecule has 0 spiro atoms. The highest BCUT2D eigenvalue weighted by atomic mass is 16.3. The summed E-state index contributed by atoms with van der Waals surface area (Å²) in [5.74, 6) is 6.30. The zero-order chi connectivity index (χ0) is 12.8. The third-order valence-electron chi connectivity index (χ3n) is 4.75. The van der Waals surface area contributed by atoms with Gasteiger partial charge in [0.1, 0.15) is 0 Å². The van der Waals surface area contributed by atoms with E-state index in [-0.39, 0.29) is 12.5 Å². The lowest BCUT2D eigenvalue weighted by molar-refractivity contribution is -0.0764. The monoisotopic (exact) mass is 248 g/mol. The Morgan fingerprint density at radius 3 is 2.78 bits per heavy atom. The Kier molecular flexibility index (Phi) is 2.97. The molecule has 0 saturated heterocycles. The summed E-state index contributed by atoms with van der Waals surface area (Å²) in [6.07, 6.45) is 6.33. The summed E-state index contributed by atoms with van der Waals surface area (Å²) in [4.78, 5) is 0. The van der Waals surface area contributed by atoms with Crippen LogP contribution in [0.4, 0.5) is 0 Å². The Labute approximate surface area is 108 Å². The first-order chi connectivity index (χ1) is 8.65. The minimum absolute atomic E-state index is 0.105. The molecule has 3 nitrogen and oxygen atoms in total. The van der Waals surface area contributed by atoms with E-state index in [1.165, 1.54) is 5.57 Å². The average Bonchev–Trinajstić information content (AvgIpc) is 3.05. The summed E-state index contributed by atoms with van der Waals surface area (Å²) < 4.78 is 0. The number of rotatable bonds is 4. The van der Waals surface area contributed by atoms with Crippen molar-refractivity contribution in [3.8, 4) is 11.8 Å². The van der Waals surface area contributed by atoms with Crippen molar-refractivity contribution in [1.29, 1.82) is 0 Å². The molecule has 0 aliphatic heterocycles. The fraction of sp³-hybridized carbons (Fsp3) is 0.733. The molecule has 2 fully saturated rings. The third kappa shape index (κ3) is 1.89. The Hall–Kier alpha value is -0.820. The Bertz CT molecular complexity index is 421. The first kappa shape index (κ1) is 12.2. The summed E-state index contributed by atoms with van der Waals surface area (Å²) in [7, 11) is 0. The van der Waals surface area contributed by atoms with Crippen molar-refractivity contribution in [3.05, 3.63) is 11.6 Å². The van der Waals surface area contributed by atoms with Gasteiger partial charge in [-0.15, -0.1) is 0 Å². The van der Waals surface area contributed by atoms with Crippen molar-refractivity contribution < 1.29 is 15.3 Å². The van der Waals surface area contributed by atoms with E-state index in [4.69, 9.17) is 5.11 Å². The molecule has 0 amide bonds. The van der Waals surface area contributed by atoms with Gasteiger partial charge in [-0.05, 0) is 43.9 Å². The van der Waals surface area contributed by atoms with E-state index in [0.29, 0.717) is 11.8 Å². The van der Waals surface area contributed by atoms with Gasteiger partial charge in [-0.1, -0.05) is 23.5 Å². The number of hydrogen-bond donors (Lipinski definition) is 3. The van der Waals surface area contributed by atoms with Crippen LogP contribution in [0.5, 0.6) is 0 Å². The maximum atomic E-state index is 10.1. The molecule has 18 heavy (non-hydrogen) atoms. The van der Waals surface area contributed by atoms with Crippen LogP contribution in [-0.2, 0) is 0 Å². The number of allylic oxidation sites excluding steroid dienone is 2. The Morgan fingerprint density at radius 2 is 2.11 bits per heavy atom. The molecule has 0 bridgehead atoms. The summed E-state index contributed by atoms with van der Waals surface area (Å²) in [5.41, 5.74) is 0.411. The molecule has 0 aromatic carbocycles. The van der Waals surface area contributed by atoms with Crippen molar-refractivity contribution >= 4 is 0 Å². The van der Waals surface area contributed by atoms with Gasteiger partial charge in [-0.25, -0.2) is 0 Å². The second-order valence-electron chi connectivity index (χ2n) is 5.81. The quantitative estimate of drug-likeness (QED) is 0.392. The molecule has 2 saturated carbocycles. The minimum Gasteiger partial charge on any atom is -0.396 e. The fourth-order valence-electron chi connectivity index (χ4n) is 3.70. The molecule has 0 heterocycles. The molecule has 3 aliphatic rings. The molecule has 3 rings (SSSR count). The zero-order valence-electron chi connectivity index (χ0n) is 10.5. The van der Waals surface area contributed by atoms with Gasteiger partial charge < -0.3 is 15.3 Å². The lowest BCUT2D eigenvalue weighted by atomic mass is 9.54. The van der Waals surface area contributed by atoms with Gasteiger partial charge >= 0.3 is 0 Å². The molecule has 3 aliphatic carbocycles. The summed E-state index contributed by atoms with van der Waals surface area (Å²) >= 11 is 0. The van der Waals surface area contributed by atoms with Gasteiger partial charge in [0, 0.05) is 12.5 Å². The number of unbranched alkanes of at least 4 members (excludes halogenated alkanes) is 1. The lowest BCUT2D eigenvalue weighted by Gasteiger charge is -2.51. The van der Waals surface area contributed by atoms with E-state index in [9.17, 15) is 10.2 Å². The molecule has 3 N–H and O–H groups in total. The standard InChI is InChI=1S/C15H20O3/c16-8-2-1-3-10-9-12-11(10)4-5-13(17)14(12)15(18)6-7-15/h3,11-14,16-18H,1-2,4-5,8-9H2/b10-3-/t11-,12+,13-,14?/m1/s1. The molecular formula is C15H20O3. The number of aliphatic hydroxyl groups excluding tert-OH is 2. The maximum Gasteiger partial charge on any atom is 0.193 e. The van der Waals surface area contributed by atoms with Crippen LogP contribution < -0.4 is 0 Å². The van der Waals surface area contributed by atoms with Crippen molar-refractivity contribution in [1.82, 2.24) is 0 Å². The van der Waals surface area contributed by atoms with Crippen LogP contribution in [0.3, 0.4) is 0 Å². The van der Waals surface area contributed by atoms with Gasteiger partial charge in [-0.3, -0.25) is 0 Å². The topological polar surface area (TPSA) is 60.7 Å². The Morgan fingerprint density at radius 1 is 1.33 bits per heavy atom. The highest BCUT2D eigenvalue weighted by molar-refractivity contribution is 5.47. The van der Waals surface area contributed by atoms with Crippen molar-refractivity contribution in [2.75, 3.05) is 6.61 Å². The molecule has 98 valence electrons. The van der Waals surface area contributed by atoms with E-state index in [1.54, 1.807) is 0 Å². The number of aliphatic hydroxyl groups is 3. The van der Waals surface area contributed by atoms with Crippen LogP contribution in [0.25, 0.3) is 0 Å². The summed E-state index contributed by atoms with van der Waals surface area (Å²) in [6, 6.07) is 0. The van der Waals surface area contributed by atoms with Crippen LogP contribution in [0.1, 0.15) is 32.1 Å². The number of hydrogen-bond acceptors (Lipinski definition) is 3. The van der Waals surface area contributed by atoms with E-state index in [2.05, 4.69) is 17.9 Å². The van der Waals surface area contributed by atoms with Gasteiger partial charge in [0.15, 0.2) is 5.60 Å². The molecule has 0 radical (unpaired) electrons. The Balaban J connectivity index is 1.65. The molecule has 0 aromatic rings. The second kappa shape index (κ2) is 4.38. The third-order valence-corrected chi connectivity index (χ3v) is 4.75. The van der Waals surface area contributed by atoms with Crippen LogP contribution in [0.15, 0.2) is 11.6 Å². The molecule has 0 aromatic heterocycles. The number of fused-ring (bicyclic) bond motifs is 1. The first-order valence-electron chi connectivity index (χ1n) is 6.90. The second-order valence-corrected chi connectivity index (χ2v) is 5.81. The smallest absolute Gasteiger partial charge is 0.193 e. The van der Waals surface area contributed by atoms with Gasteiger partial charge in [0.05, 0.1) is 6.10 Å². The van der Waals surface area contributed by atoms with E-state index < -0.39 is 11.7 Å². The SMILES string of the molecule is OCCC/C=C1/C[C@@H]2C(C3(O)C#C3)[C@H](O)CC[C@H]12.